The zero-order valence-electron chi connectivity index (χ0n) is 17.6. The minimum atomic E-state index is -0.0789. The van der Waals surface area contributed by atoms with Gasteiger partial charge in [-0.2, -0.15) is 5.10 Å². The van der Waals surface area contributed by atoms with E-state index in [1.165, 1.54) is 12.8 Å². The summed E-state index contributed by atoms with van der Waals surface area (Å²) in [6.45, 7) is 2.64. The van der Waals surface area contributed by atoms with E-state index in [1.54, 1.807) is 7.11 Å². The van der Waals surface area contributed by atoms with Gasteiger partial charge < -0.3 is 10.1 Å². The molecule has 31 heavy (non-hydrogen) atoms. The highest BCUT2D eigenvalue weighted by Gasteiger charge is 2.24. The van der Waals surface area contributed by atoms with Crippen molar-refractivity contribution < 1.29 is 9.53 Å². The van der Waals surface area contributed by atoms with Crippen molar-refractivity contribution in [3.05, 3.63) is 71.9 Å². The minimum absolute atomic E-state index is 0.0789. The van der Waals surface area contributed by atoms with Gasteiger partial charge in [-0.15, -0.1) is 0 Å². The van der Waals surface area contributed by atoms with Crippen LogP contribution in [0.1, 0.15) is 28.9 Å². The quantitative estimate of drug-likeness (QED) is 0.505. The summed E-state index contributed by atoms with van der Waals surface area (Å²) < 4.78 is 7.09. The average Bonchev–Trinajstić information content (AvgIpc) is 3.59. The Morgan fingerprint density at radius 3 is 2.55 bits per heavy atom. The molecule has 1 aliphatic carbocycles. The second-order valence-electron chi connectivity index (χ2n) is 7.97. The second-order valence-corrected chi connectivity index (χ2v) is 7.97. The van der Waals surface area contributed by atoms with Gasteiger partial charge in [0.15, 0.2) is 5.65 Å². The zero-order chi connectivity index (χ0) is 21.4. The molecule has 1 saturated carbocycles. The van der Waals surface area contributed by atoms with Crippen molar-refractivity contribution in [2.75, 3.05) is 13.7 Å². The van der Waals surface area contributed by atoms with E-state index in [1.807, 2.05) is 72.3 Å². The summed E-state index contributed by atoms with van der Waals surface area (Å²) in [4.78, 5) is 18.1. The molecular weight excluding hydrogens is 388 g/mol. The molecule has 2 heterocycles. The Morgan fingerprint density at radius 2 is 1.87 bits per heavy atom. The van der Waals surface area contributed by atoms with Crippen molar-refractivity contribution in [3.8, 4) is 22.7 Å². The van der Waals surface area contributed by atoms with E-state index in [0.717, 1.165) is 33.8 Å². The standard InChI is InChI=1S/C25H24N4O2/c1-16-23-21(25(30)26-15-17-8-9-17)14-22(18-10-12-20(31-2)13-11-18)27-24(23)29(28-16)19-6-4-3-5-7-19/h3-7,10-14,17H,8-9,15H2,1-2H3,(H,26,30). The first kappa shape index (κ1) is 19.3. The molecule has 0 radical (unpaired) electrons. The highest BCUT2D eigenvalue weighted by molar-refractivity contribution is 6.07. The van der Waals surface area contributed by atoms with Crippen LogP contribution in [0.5, 0.6) is 5.75 Å². The summed E-state index contributed by atoms with van der Waals surface area (Å²) >= 11 is 0. The van der Waals surface area contributed by atoms with E-state index >= 15 is 0 Å². The third-order valence-electron chi connectivity index (χ3n) is 5.69. The maximum Gasteiger partial charge on any atom is 0.252 e. The number of carbonyl (C=O) groups is 1. The molecule has 1 N–H and O–H groups in total. The Hall–Kier alpha value is -3.67. The fraction of sp³-hybridized carbons (Fsp3) is 0.240. The number of nitrogens with one attached hydrogen (secondary N) is 1. The average molecular weight is 412 g/mol. The highest BCUT2D eigenvalue weighted by atomic mass is 16.5. The lowest BCUT2D eigenvalue weighted by molar-refractivity contribution is 0.0953. The molecule has 0 unspecified atom stereocenters. The van der Waals surface area contributed by atoms with E-state index < -0.39 is 0 Å². The molecule has 2 aromatic carbocycles. The summed E-state index contributed by atoms with van der Waals surface area (Å²) in [7, 11) is 1.64. The number of para-hydroxylation sites is 1. The van der Waals surface area contributed by atoms with Crippen LogP contribution in [0.15, 0.2) is 60.7 Å². The van der Waals surface area contributed by atoms with Crippen LogP contribution in [0.3, 0.4) is 0 Å². The van der Waals surface area contributed by atoms with Crippen molar-refractivity contribution in [3.63, 3.8) is 0 Å². The Balaban J connectivity index is 1.68. The first-order valence-electron chi connectivity index (χ1n) is 10.5. The van der Waals surface area contributed by atoms with Crippen molar-refractivity contribution in [2.45, 2.75) is 19.8 Å². The van der Waals surface area contributed by atoms with Crippen LogP contribution in [-0.4, -0.2) is 34.3 Å². The third-order valence-corrected chi connectivity index (χ3v) is 5.69. The van der Waals surface area contributed by atoms with Gasteiger partial charge in [0.1, 0.15) is 5.75 Å². The fourth-order valence-corrected chi connectivity index (χ4v) is 3.78. The largest absolute Gasteiger partial charge is 0.497 e. The molecule has 4 aromatic rings. The number of ether oxygens (including phenoxy) is 1. The van der Waals surface area contributed by atoms with Crippen molar-refractivity contribution >= 4 is 16.9 Å². The Labute approximate surface area is 180 Å². The number of nitrogens with zero attached hydrogens (tertiary/aromatic N) is 3. The number of pyridine rings is 1. The zero-order valence-corrected chi connectivity index (χ0v) is 17.6. The van der Waals surface area contributed by atoms with Crippen LogP contribution in [0.2, 0.25) is 0 Å². The van der Waals surface area contributed by atoms with Gasteiger partial charge in [0.25, 0.3) is 5.91 Å². The number of carbonyl (C=O) groups excluding carboxylic acids is 1. The fourth-order valence-electron chi connectivity index (χ4n) is 3.78. The van der Waals surface area contributed by atoms with E-state index in [4.69, 9.17) is 14.8 Å². The molecule has 0 saturated heterocycles. The van der Waals surface area contributed by atoms with Crippen molar-refractivity contribution in [1.29, 1.82) is 0 Å². The van der Waals surface area contributed by atoms with E-state index in [-0.39, 0.29) is 5.91 Å². The number of methoxy groups -OCH3 is 1. The number of aromatic nitrogens is 3. The van der Waals surface area contributed by atoms with Crippen LogP contribution in [0.4, 0.5) is 0 Å². The predicted octanol–water partition coefficient (Wildman–Crippen LogP) is 4.54. The minimum Gasteiger partial charge on any atom is -0.497 e. The Morgan fingerprint density at radius 1 is 1.13 bits per heavy atom. The first-order chi connectivity index (χ1) is 15.1. The SMILES string of the molecule is COc1ccc(-c2cc(C(=O)NCC3CC3)c3c(C)nn(-c4ccccc4)c3n2)cc1. The highest BCUT2D eigenvalue weighted by Crippen LogP contribution is 2.31. The monoisotopic (exact) mass is 412 g/mol. The van der Waals surface area contributed by atoms with Gasteiger partial charge in [0.05, 0.1) is 35.1 Å². The van der Waals surface area contributed by atoms with Gasteiger partial charge in [-0.05, 0) is 68.1 Å². The van der Waals surface area contributed by atoms with E-state index in [9.17, 15) is 4.79 Å². The molecule has 0 aliphatic heterocycles. The van der Waals surface area contributed by atoms with Crippen molar-refractivity contribution in [2.24, 2.45) is 5.92 Å². The lowest BCUT2D eigenvalue weighted by Gasteiger charge is -2.10. The summed E-state index contributed by atoms with van der Waals surface area (Å²) in [5.41, 5.74) is 4.61. The molecule has 6 heteroatoms. The maximum absolute atomic E-state index is 13.2. The maximum atomic E-state index is 13.2. The van der Waals surface area contributed by atoms with Gasteiger partial charge in [-0.3, -0.25) is 4.79 Å². The van der Waals surface area contributed by atoms with Crippen LogP contribution < -0.4 is 10.1 Å². The topological polar surface area (TPSA) is 69.0 Å². The summed E-state index contributed by atoms with van der Waals surface area (Å²) in [5.74, 6) is 1.30. The molecular formula is C25H24N4O2. The number of hydrogen-bond donors (Lipinski definition) is 1. The van der Waals surface area contributed by atoms with Gasteiger partial charge in [-0.1, -0.05) is 18.2 Å². The van der Waals surface area contributed by atoms with Crippen LogP contribution >= 0.6 is 0 Å². The van der Waals surface area contributed by atoms with Gasteiger partial charge in [0, 0.05) is 12.1 Å². The lowest BCUT2D eigenvalue weighted by atomic mass is 10.0. The molecule has 6 nitrogen and oxygen atoms in total. The predicted molar refractivity (Wildman–Crippen MR) is 121 cm³/mol. The Kier molecular flexibility index (Phi) is 4.90. The molecule has 0 bridgehead atoms. The first-order valence-corrected chi connectivity index (χ1v) is 10.5. The molecule has 0 spiro atoms. The van der Waals surface area contributed by atoms with Gasteiger partial charge in [-0.25, -0.2) is 9.67 Å². The Bertz CT molecular complexity index is 1240. The number of benzene rings is 2. The van der Waals surface area contributed by atoms with Gasteiger partial charge >= 0.3 is 0 Å². The number of aryl methyl sites for hydroxylation is 1. The number of rotatable bonds is 6. The molecule has 1 amide bonds. The van der Waals surface area contributed by atoms with Crippen LogP contribution in [0.25, 0.3) is 28.0 Å². The van der Waals surface area contributed by atoms with E-state index in [0.29, 0.717) is 23.7 Å². The van der Waals surface area contributed by atoms with Crippen LogP contribution in [-0.2, 0) is 0 Å². The smallest absolute Gasteiger partial charge is 0.252 e. The normalized spacial score (nSPS) is 13.4. The molecule has 1 aliphatic rings. The second kappa shape index (κ2) is 7.87. The molecule has 156 valence electrons. The molecule has 2 aromatic heterocycles. The summed E-state index contributed by atoms with van der Waals surface area (Å²) in [6, 6.07) is 19.4. The summed E-state index contributed by atoms with van der Waals surface area (Å²) in [6.07, 6.45) is 2.38. The molecule has 1 fully saturated rings. The lowest BCUT2D eigenvalue weighted by Crippen LogP contribution is -2.26. The van der Waals surface area contributed by atoms with E-state index in [2.05, 4.69) is 5.32 Å². The number of hydrogen-bond acceptors (Lipinski definition) is 4. The third kappa shape index (κ3) is 3.77. The molecule has 5 rings (SSSR count). The number of amides is 1. The van der Waals surface area contributed by atoms with Crippen molar-refractivity contribution in [1.82, 2.24) is 20.1 Å². The summed E-state index contributed by atoms with van der Waals surface area (Å²) in [5, 5.41) is 8.62. The van der Waals surface area contributed by atoms with Crippen LogP contribution in [0, 0.1) is 12.8 Å². The van der Waals surface area contributed by atoms with Gasteiger partial charge in [0.2, 0.25) is 0 Å². The molecule has 0 atom stereocenters. The number of fused-ring (bicyclic) bond motifs is 1.